The number of hydrogen-bond acceptors (Lipinski definition) is 3. The summed E-state index contributed by atoms with van der Waals surface area (Å²) >= 11 is 0. The van der Waals surface area contributed by atoms with E-state index in [4.69, 9.17) is 4.99 Å². The number of piperidine rings is 1. The quantitative estimate of drug-likeness (QED) is 0.217. The van der Waals surface area contributed by atoms with Gasteiger partial charge in [-0.05, 0) is 56.4 Å². The third-order valence-electron chi connectivity index (χ3n) is 5.59. The summed E-state index contributed by atoms with van der Waals surface area (Å²) in [4.78, 5) is 22.0. The first kappa shape index (κ1) is 26.4. The van der Waals surface area contributed by atoms with Gasteiger partial charge >= 0.3 is 0 Å². The number of nitrogens with zero attached hydrogens (tertiary/aromatic N) is 2. The number of aliphatic imine (C=N–C) groups is 1. The zero-order valence-corrected chi connectivity index (χ0v) is 21.4. The van der Waals surface area contributed by atoms with Gasteiger partial charge < -0.3 is 20.9 Å². The second-order valence-electron chi connectivity index (χ2n) is 8.06. The number of halogens is 2. The van der Waals surface area contributed by atoms with Gasteiger partial charge in [-0.3, -0.25) is 14.7 Å². The molecule has 1 aliphatic heterocycles. The predicted octanol–water partition coefficient (Wildman–Crippen LogP) is 3.01. The molecule has 1 aromatic carbocycles. The molecule has 0 bridgehead atoms. The van der Waals surface area contributed by atoms with Gasteiger partial charge in [-0.15, -0.1) is 24.0 Å². The average Bonchev–Trinajstić information content (AvgIpc) is 3.16. The van der Waals surface area contributed by atoms with Crippen LogP contribution >= 0.6 is 24.0 Å². The molecule has 3 rings (SSSR count). The van der Waals surface area contributed by atoms with Crippen LogP contribution < -0.4 is 16.0 Å². The second kappa shape index (κ2) is 13.6. The summed E-state index contributed by atoms with van der Waals surface area (Å²) in [6.07, 6.45) is 5.60. The van der Waals surface area contributed by atoms with Gasteiger partial charge in [-0.2, -0.15) is 0 Å². The van der Waals surface area contributed by atoms with Crippen molar-refractivity contribution in [1.29, 1.82) is 0 Å². The molecule has 1 saturated heterocycles. The fourth-order valence-corrected chi connectivity index (χ4v) is 3.92. The number of carbonyl (C=O) groups excluding carboxylic acids is 1. The van der Waals surface area contributed by atoms with Crippen LogP contribution in [0.3, 0.4) is 0 Å². The highest BCUT2D eigenvalue weighted by Gasteiger charge is 2.21. The molecule has 0 unspecified atom stereocenters. The average molecular weight is 558 g/mol. The van der Waals surface area contributed by atoms with Crippen molar-refractivity contribution in [2.24, 2.45) is 4.99 Å². The number of fused-ring (bicyclic) bond motifs is 1. The maximum atomic E-state index is 13.6. The molecule has 178 valence electrons. The number of aromatic amines is 1. The van der Waals surface area contributed by atoms with Crippen molar-refractivity contribution in [3.8, 4) is 0 Å². The molecule has 2 aromatic rings. The molecule has 1 aliphatic rings. The Morgan fingerprint density at radius 3 is 2.75 bits per heavy atom. The monoisotopic (exact) mass is 558 g/mol. The fourth-order valence-electron chi connectivity index (χ4n) is 3.92. The van der Waals surface area contributed by atoms with Gasteiger partial charge in [0.25, 0.3) is 0 Å². The predicted molar refractivity (Wildman–Crippen MR) is 139 cm³/mol. The summed E-state index contributed by atoms with van der Waals surface area (Å²) in [5.74, 6) is 0.703. The summed E-state index contributed by atoms with van der Waals surface area (Å²) in [7, 11) is 0. The van der Waals surface area contributed by atoms with Gasteiger partial charge in [0.05, 0.1) is 6.54 Å². The zero-order valence-electron chi connectivity index (χ0n) is 19.0. The lowest BCUT2D eigenvalue weighted by atomic mass is 10.1. The Bertz CT molecular complexity index is 878. The van der Waals surface area contributed by atoms with E-state index in [2.05, 4.69) is 39.7 Å². The van der Waals surface area contributed by atoms with Crippen molar-refractivity contribution in [3.63, 3.8) is 0 Å². The normalized spacial score (nSPS) is 15.4. The molecule has 32 heavy (non-hydrogen) atoms. The number of aromatic nitrogens is 1. The van der Waals surface area contributed by atoms with Crippen LogP contribution in [0, 0.1) is 5.82 Å². The molecule has 0 radical (unpaired) electrons. The highest BCUT2D eigenvalue weighted by atomic mass is 127. The van der Waals surface area contributed by atoms with Crippen LogP contribution in [0.5, 0.6) is 0 Å². The highest BCUT2D eigenvalue weighted by Crippen LogP contribution is 2.19. The van der Waals surface area contributed by atoms with Crippen LogP contribution in [0.1, 0.15) is 38.7 Å². The molecular formula is C23H36FIN6O. The van der Waals surface area contributed by atoms with Crippen LogP contribution in [0.25, 0.3) is 10.9 Å². The number of amides is 1. The van der Waals surface area contributed by atoms with Crippen molar-refractivity contribution in [2.45, 2.75) is 45.6 Å². The largest absolute Gasteiger partial charge is 0.361 e. The maximum Gasteiger partial charge on any atom is 0.234 e. The molecule has 4 N–H and O–H groups in total. The summed E-state index contributed by atoms with van der Waals surface area (Å²) in [6, 6.07) is 5.15. The summed E-state index contributed by atoms with van der Waals surface area (Å²) < 4.78 is 13.6. The number of hydrogen-bond donors (Lipinski definition) is 4. The minimum absolute atomic E-state index is 0. The lowest BCUT2D eigenvalue weighted by molar-refractivity contribution is -0.122. The molecule has 0 aliphatic carbocycles. The van der Waals surface area contributed by atoms with E-state index in [0.717, 1.165) is 74.3 Å². The standard InChI is InChI=1S/C23H35FN6O.HI/c1-3-10-26-22(31)16-30-12-8-19(9-13-30)29-23(25-4-2)27-11-7-17-15-28-21-6-5-18(24)14-20(17)21;/h5-6,14-15,19,28H,3-4,7-13,16H2,1-2H3,(H,26,31)(H2,25,27,29);1H. The topological polar surface area (TPSA) is 84.6 Å². The molecule has 0 saturated carbocycles. The SMILES string of the molecule is CCCNC(=O)CN1CCC(NC(=NCCc2c[nH]c3ccc(F)cc23)NCC)CC1.I. The fraction of sp³-hybridized carbons (Fsp3) is 0.565. The van der Waals surface area contributed by atoms with Crippen molar-refractivity contribution < 1.29 is 9.18 Å². The first-order valence-corrected chi connectivity index (χ1v) is 11.4. The van der Waals surface area contributed by atoms with E-state index in [1.807, 2.05) is 6.20 Å². The molecule has 7 nitrogen and oxygen atoms in total. The molecular weight excluding hydrogens is 522 g/mol. The third kappa shape index (κ3) is 7.91. The number of benzene rings is 1. The smallest absolute Gasteiger partial charge is 0.234 e. The number of rotatable bonds is 9. The van der Waals surface area contributed by atoms with E-state index in [-0.39, 0.29) is 35.7 Å². The lowest BCUT2D eigenvalue weighted by Gasteiger charge is -2.32. The lowest BCUT2D eigenvalue weighted by Crippen LogP contribution is -2.50. The van der Waals surface area contributed by atoms with Gasteiger partial charge in [-0.25, -0.2) is 4.39 Å². The third-order valence-corrected chi connectivity index (χ3v) is 5.59. The number of likely N-dealkylation sites (tertiary alicyclic amines) is 1. The number of carbonyl (C=O) groups is 1. The van der Waals surface area contributed by atoms with Crippen LogP contribution in [0.15, 0.2) is 29.4 Å². The van der Waals surface area contributed by atoms with Crippen LogP contribution in [-0.2, 0) is 11.2 Å². The van der Waals surface area contributed by atoms with Crippen LogP contribution in [0.2, 0.25) is 0 Å². The minimum atomic E-state index is -0.221. The van der Waals surface area contributed by atoms with Gasteiger partial charge in [0.1, 0.15) is 5.82 Å². The van der Waals surface area contributed by atoms with Crippen molar-refractivity contribution in [3.05, 3.63) is 35.8 Å². The Morgan fingerprint density at radius 2 is 2.03 bits per heavy atom. The number of H-pyrrole nitrogens is 1. The Kier molecular flexibility index (Phi) is 11.2. The molecule has 1 aromatic heterocycles. The first-order chi connectivity index (χ1) is 15.1. The van der Waals surface area contributed by atoms with Gasteiger partial charge in [0, 0.05) is 55.9 Å². The Hall–Kier alpha value is -1.88. The van der Waals surface area contributed by atoms with Gasteiger partial charge in [0.2, 0.25) is 5.91 Å². The Balaban J connectivity index is 0.00000363. The molecule has 0 atom stereocenters. The van der Waals surface area contributed by atoms with Gasteiger partial charge in [0.15, 0.2) is 5.96 Å². The van der Waals surface area contributed by atoms with E-state index in [9.17, 15) is 9.18 Å². The van der Waals surface area contributed by atoms with Crippen molar-refractivity contribution in [1.82, 2.24) is 25.8 Å². The number of guanidine groups is 1. The Morgan fingerprint density at radius 1 is 1.25 bits per heavy atom. The molecule has 2 heterocycles. The summed E-state index contributed by atoms with van der Waals surface area (Å²) in [5.41, 5.74) is 2.02. The highest BCUT2D eigenvalue weighted by molar-refractivity contribution is 14.0. The van der Waals surface area contributed by atoms with Crippen LogP contribution in [-0.4, -0.2) is 67.1 Å². The van der Waals surface area contributed by atoms with Crippen molar-refractivity contribution >= 4 is 46.7 Å². The molecule has 1 amide bonds. The van der Waals surface area contributed by atoms with E-state index in [0.29, 0.717) is 19.1 Å². The number of nitrogens with one attached hydrogen (secondary N) is 4. The van der Waals surface area contributed by atoms with Gasteiger partial charge in [-0.1, -0.05) is 6.92 Å². The van der Waals surface area contributed by atoms with E-state index in [1.54, 1.807) is 12.1 Å². The summed E-state index contributed by atoms with van der Waals surface area (Å²) in [5, 5.41) is 10.7. The first-order valence-electron chi connectivity index (χ1n) is 11.4. The van der Waals surface area contributed by atoms with Crippen molar-refractivity contribution in [2.75, 3.05) is 39.3 Å². The van der Waals surface area contributed by atoms with E-state index < -0.39 is 0 Å². The van der Waals surface area contributed by atoms with E-state index in [1.165, 1.54) is 6.07 Å². The summed E-state index contributed by atoms with van der Waals surface area (Å²) in [6.45, 7) is 8.54. The zero-order chi connectivity index (χ0) is 22.1. The molecule has 0 spiro atoms. The molecule has 1 fully saturated rings. The van der Waals surface area contributed by atoms with Crippen LogP contribution in [0.4, 0.5) is 4.39 Å². The maximum absolute atomic E-state index is 13.6. The second-order valence-corrected chi connectivity index (χ2v) is 8.06. The Labute approximate surface area is 207 Å². The van der Waals surface area contributed by atoms with E-state index >= 15 is 0 Å². The molecule has 9 heteroatoms. The minimum Gasteiger partial charge on any atom is -0.361 e.